The molecule has 0 saturated carbocycles. The zero-order valence-corrected chi connectivity index (χ0v) is 43.1. The molecular weight excluding hydrogens is 909 g/mol. The number of anilines is 6. The first kappa shape index (κ1) is 50.4. The number of para-hydroxylation sites is 2. The van der Waals surface area contributed by atoms with E-state index in [2.05, 4.69) is 180 Å². The molecule has 8 rings (SSSR count). The van der Waals surface area contributed by atoms with Crippen LogP contribution in [0.2, 0.25) is 0 Å². The van der Waals surface area contributed by atoms with E-state index in [9.17, 15) is 0 Å². The molecule has 0 heterocycles. The average molecular weight is 973 g/mol. The van der Waals surface area contributed by atoms with E-state index >= 15 is 0 Å². The Bertz CT molecular complexity index is 2660. The van der Waals surface area contributed by atoms with E-state index in [-0.39, 0.29) is 13.2 Å². The summed E-state index contributed by atoms with van der Waals surface area (Å²) in [7, 11) is -6.66. The Balaban J connectivity index is 1.10. The summed E-state index contributed by atoms with van der Waals surface area (Å²) in [6.07, 6.45) is 0. The summed E-state index contributed by atoms with van der Waals surface area (Å²) in [5, 5.41) is 4.35. The van der Waals surface area contributed by atoms with Gasteiger partial charge in [0.05, 0.1) is 24.6 Å². The lowest BCUT2D eigenvalue weighted by Crippen LogP contribution is -2.49. The second kappa shape index (κ2) is 24.2. The van der Waals surface area contributed by atoms with E-state index in [0.717, 1.165) is 77.9 Å². The maximum Gasteiger partial charge on any atom is 0.679 e. The van der Waals surface area contributed by atoms with Crippen molar-refractivity contribution >= 4 is 73.8 Å². The first-order chi connectivity index (χ1) is 34.4. The zero-order valence-electron chi connectivity index (χ0n) is 41.1. The molecule has 8 aromatic rings. The lowest BCUT2D eigenvalue weighted by molar-refractivity contribution is -0.0326. The van der Waals surface area contributed by atoms with Crippen molar-refractivity contribution < 1.29 is 35.4 Å². The average Bonchev–Trinajstić information content (AvgIpc) is 3.40. The van der Waals surface area contributed by atoms with Crippen LogP contribution in [-0.2, 0) is 48.6 Å². The highest BCUT2D eigenvalue weighted by Gasteiger charge is 2.46. The zero-order chi connectivity index (χ0) is 48.8. The molecule has 0 aliphatic heterocycles. The summed E-state index contributed by atoms with van der Waals surface area (Å²) in [6.45, 7) is 14.8. The predicted octanol–water partition coefficient (Wildman–Crippen LogP) is 14.7. The first-order valence-electron chi connectivity index (χ1n) is 24.4. The molecule has 0 unspecified atom stereocenters. The Kier molecular flexibility index (Phi) is 17.4. The van der Waals surface area contributed by atoms with Gasteiger partial charge in [0, 0.05) is 73.2 Å². The van der Waals surface area contributed by atoms with Gasteiger partial charge < -0.3 is 45.2 Å². The van der Waals surface area contributed by atoms with Gasteiger partial charge in [-0.1, -0.05) is 121 Å². The molecule has 0 amide bonds. The molecule has 0 aliphatic carbocycles. The molecule has 0 atom stereocenters. The van der Waals surface area contributed by atoms with Gasteiger partial charge in [-0.15, -0.1) is 0 Å². The van der Waals surface area contributed by atoms with Gasteiger partial charge in [0.1, 0.15) is 0 Å². The van der Waals surface area contributed by atoms with Gasteiger partial charge in [-0.2, -0.15) is 0 Å². The Morgan fingerprint density at radius 2 is 0.571 bits per heavy atom. The van der Waals surface area contributed by atoms with Crippen molar-refractivity contribution in [2.45, 2.75) is 54.8 Å². The van der Waals surface area contributed by atoms with E-state index in [0.29, 0.717) is 39.6 Å². The lowest BCUT2D eigenvalue weighted by atomic mass is 10.0. The number of hydrogen-bond acceptors (Lipinski definition) is 10. The van der Waals surface area contributed by atoms with Crippen LogP contribution in [0.4, 0.5) is 34.1 Å². The second-order valence-electron chi connectivity index (χ2n) is 16.2. The fraction of sp³-hybridized carbons (Fsp3) is 0.241. The van der Waals surface area contributed by atoms with E-state index in [1.165, 1.54) is 0 Å². The van der Waals surface area contributed by atoms with Crippen molar-refractivity contribution in [1.29, 1.82) is 0 Å². The molecule has 0 spiro atoms. The molecule has 362 valence electrons. The summed E-state index contributed by atoms with van der Waals surface area (Å²) >= 11 is 0. The van der Waals surface area contributed by atoms with Gasteiger partial charge in [-0.05, 0) is 135 Å². The van der Waals surface area contributed by atoms with Crippen LogP contribution in [0.15, 0.2) is 182 Å². The van der Waals surface area contributed by atoms with Gasteiger partial charge in [0.25, 0.3) is 0 Å². The molecule has 0 fully saturated rings. The summed E-state index contributed by atoms with van der Waals surface area (Å²) < 4.78 is 49.0. The van der Waals surface area contributed by atoms with E-state index in [1.807, 2.05) is 53.7 Å². The van der Waals surface area contributed by atoms with Gasteiger partial charge in [0.2, 0.25) is 0 Å². The van der Waals surface area contributed by atoms with Crippen LogP contribution in [0.25, 0.3) is 32.7 Å². The molecule has 8 aromatic carbocycles. The molecule has 70 heavy (non-hydrogen) atoms. The van der Waals surface area contributed by atoms with Crippen molar-refractivity contribution in [3.8, 4) is 11.1 Å². The minimum absolute atomic E-state index is 0.287. The van der Waals surface area contributed by atoms with Crippen molar-refractivity contribution in [2.75, 3.05) is 49.4 Å². The summed E-state index contributed by atoms with van der Waals surface area (Å²) in [5.41, 5.74) is 10.5. The third-order valence-corrected chi connectivity index (χ3v) is 16.7. The van der Waals surface area contributed by atoms with Crippen LogP contribution < -0.4 is 9.80 Å². The molecule has 0 radical (unpaired) electrons. The molecule has 0 aliphatic rings. The monoisotopic (exact) mass is 972 g/mol. The number of rotatable bonds is 25. The van der Waals surface area contributed by atoms with Gasteiger partial charge >= 0.3 is 18.1 Å². The largest absolute Gasteiger partial charge is 0.679 e. The molecule has 0 saturated heterocycles. The molecule has 12 heteroatoms. The van der Waals surface area contributed by atoms with Gasteiger partial charge in [-0.25, -0.2) is 0 Å². The van der Waals surface area contributed by atoms with Crippen molar-refractivity contribution in [1.82, 2.24) is 0 Å². The summed E-state index contributed by atoms with van der Waals surface area (Å²) in [4.78, 5) is 4.63. The van der Waals surface area contributed by atoms with Crippen molar-refractivity contribution in [2.24, 2.45) is 0 Å². The Labute approximate surface area is 415 Å². The maximum atomic E-state index is 6.44. The van der Waals surface area contributed by atoms with Gasteiger partial charge in [-0.3, -0.25) is 0 Å². The molecule has 10 nitrogen and oxygen atoms in total. The van der Waals surface area contributed by atoms with Gasteiger partial charge in [0.15, 0.2) is 0 Å². The summed E-state index contributed by atoms with van der Waals surface area (Å²) in [5.74, 6) is 0. The Morgan fingerprint density at radius 1 is 0.286 bits per heavy atom. The van der Waals surface area contributed by atoms with Crippen LogP contribution in [0, 0.1) is 0 Å². The molecular formula is C58H64N2O8Si2. The third kappa shape index (κ3) is 11.4. The normalized spacial score (nSPS) is 11.9. The minimum atomic E-state index is -3.33. The fourth-order valence-electron chi connectivity index (χ4n) is 8.84. The lowest BCUT2D eigenvalue weighted by Gasteiger charge is -2.29. The molecule has 0 bridgehead atoms. The summed E-state index contributed by atoms with van der Waals surface area (Å²) in [6, 6.07) is 64.2. The van der Waals surface area contributed by atoms with Crippen LogP contribution in [-0.4, -0.2) is 57.7 Å². The minimum Gasteiger partial charge on any atom is -0.351 e. The Morgan fingerprint density at radius 3 is 0.886 bits per heavy atom. The first-order valence-corrected chi connectivity index (χ1v) is 27.7. The topological polar surface area (TPSA) is 80.3 Å². The SMILES string of the molecule is CCO[Si](OCC)(OCC)OCc1ccc(N(c2ccccc2)c2ccc(-c3ccc(N(c4ccccc4)c4ccc(CO[Si](OCC)(OCC)OCC)c5ccccc45)cc3)cc2)c2ccccc12. The van der Waals surface area contributed by atoms with Crippen molar-refractivity contribution in [3.63, 3.8) is 0 Å². The number of nitrogens with zero attached hydrogens (tertiary/aromatic N) is 2. The fourth-order valence-corrected chi connectivity index (χ4v) is 12.6. The Hall–Kier alpha value is -6.01. The highest BCUT2D eigenvalue weighted by atomic mass is 28.4. The number of hydrogen-bond donors (Lipinski definition) is 0. The van der Waals surface area contributed by atoms with E-state index in [1.54, 1.807) is 0 Å². The van der Waals surface area contributed by atoms with E-state index < -0.39 is 18.1 Å². The van der Waals surface area contributed by atoms with Crippen LogP contribution in [0.5, 0.6) is 0 Å². The number of benzene rings is 8. The van der Waals surface area contributed by atoms with Crippen LogP contribution in [0.1, 0.15) is 52.7 Å². The van der Waals surface area contributed by atoms with Crippen LogP contribution in [0.3, 0.4) is 0 Å². The van der Waals surface area contributed by atoms with E-state index in [4.69, 9.17) is 35.4 Å². The predicted molar refractivity (Wildman–Crippen MR) is 287 cm³/mol. The number of fused-ring (bicyclic) bond motifs is 2. The van der Waals surface area contributed by atoms with Crippen molar-refractivity contribution in [3.05, 3.63) is 193 Å². The quantitative estimate of drug-likeness (QED) is 0.0517. The smallest absolute Gasteiger partial charge is 0.351 e. The standard InChI is InChI=1S/C58H64N2O8Si2/c1-7-61-69(62-8-2,63-9-3)67-43-47-35-41-57(55-29-21-19-27-53(47)55)59(49-23-15-13-16-24-49)51-37-31-45(32-38-51)46-33-39-52(40-34-46)60(50-25-17-14-18-26-50)58-42-36-48(54-28-20-22-30-56(54)58)44-68-70(64-10-4,65-11-5)66-12-6/h13-42H,7-12,43-44H2,1-6H3. The molecule has 0 N–H and O–H groups in total. The highest BCUT2D eigenvalue weighted by molar-refractivity contribution is 6.53. The molecule has 0 aromatic heterocycles. The maximum absolute atomic E-state index is 6.44. The second-order valence-corrected chi connectivity index (χ2v) is 20.5. The highest BCUT2D eigenvalue weighted by Crippen LogP contribution is 2.43. The third-order valence-electron chi connectivity index (χ3n) is 11.8. The van der Waals surface area contributed by atoms with Crippen LogP contribution >= 0.6 is 0 Å².